The quantitative estimate of drug-likeness (QED) is 0.159. The highest BCUT2D eigenvalue weighted by atomic mass is 19.4. The predicted molar refractivity (Wildman–Crippen MR) is 195 cm³/mol. The monoisotopic (exact) mass is 738 g/mol. The maximum Gasteiger partial charge on any atom is 0.419 e. The van der Waals surface area contributed by atoms with Crippen LogP contribution in [0.2, 0.25) is 0 Å². The number of amides is 2. The molecule has 2 amide bonds. The molecule has 0 saturated carbocycles. The number of halogens is 4. The van der Waals surface area contributed by atoms with E-state index >= 15 is 0 Å². The van der Waals surface area contributed by atoms with Crippen LogP contribution in [0.25, 0.3) is 16.6 Å². The second-order valence-corrected chi connectivity index (χ2v) is 13.6. The lowest BCUT2D eigenvalue weighted by Crippen LogP contribution is -2.43. The lowest BCUT2D eigenvalue weighted by atomic mass is 10.0. The molecule has 0 bridgehead atoms. The third-order valence-corrected chi connectivity index (χ3v) is 9.47. The summed E-state index contributed by atoms with van der Waals surface area (Å²) in [6, 6.07) is 15.6. The minimum Gasteiger partial charge on any atom is -0.494 e. The van der Waals surface area contributed by atoms with Gasteiger partial charge in [0, 0.05) is 19.1 Å². The smallest absolute Gasteiger partial charge is 0.419 e. The molecule has 1 aromatic heterocycles. The van der Waals surface area contributed by atoms with Gasteiger partial charge in [0.15, 0.2) is 0 Å². The van der Waals surface area contributed by atoms with Gasteiger partial charge in [0.2, 0.25) is 11.8 Å². The fourth-order valence-electron chi connectivity index (χ4n) is 6.86. The van der Waals surface area contributed by atoms with Gasteiger partial charge < -0.3 is 24.8 Å². The number of likely N-dealkylation sites (tertiary alicyclic amines) is 1. The molecule has 5 rings (SSSR count). The van der Waals surface area contributed by atoms with Crippen molar-refractivity contribution in [2.45, 2.75) is 57.3 Å². The summed E-state index contributed by atoms with van der Waals surface area (Å²) in [5, 5.41) is 3.26. The van der Waals surface area contributed by atoms with Crippen molar-refractivity contribution in [2.75, 3.05) is 53.9 Å². The van der Waals surface area contributed by atoms with Crippen LogP contribution in [0.3, 0.4) is 0 Å². The number of likely N-dealkylation sites (N-methyl/N-ethyl adjacent to an activating group) is 1. The Balaban J connectivity index is 1.64. The van der Waals surface area contributed by atoms with Crippen LogP contribution < -0.4 is 15.6 Å². The Labute approximate surface area is 306 Å². The van der Waals surface area contributed by atoms with Crippen molar-refractivity contribution < 1.29 is 31.9 Å². The van der Waals surface area contributed by atoms with Crippen LogP contribution in [0.1, 0.15) is 55.6 Å². The van der Waals surface area contributed by atoms with Crippen LogP contribution in [0.15, 0.2) is 71.5 Å². The molecule has 1 saturated heterocycles. The van der Waals surface area contributed by atoms with Gasteiger partial charge in [-0.25, -0.2) is 9.37 Å². The Bertz CT molecular complexity index is 1950. The van der Waals surface area contributed by atoms with Gasteiger partial charge >= 0.3 is 6.18 Å². The number of carbonyl (C=O) groups is 2. The van der Waals surface area contributed by atoms with E-state index in [4.69, 9.17) is 9.72 Å². The Morgan fingerprint density at radius 1 is 1.08 bits per heavy atom. The van der Waals surface area contributed by atoms with Gasteiger partial charge in [-0.05, 0) is 114 Å². The highest BCUT2D eigenvalue weighted by Crippen LogP contribution is 2.33. The molecule has 10 nitrogen and oxygen atoms in total. The van der Waals surface area contributed by atoms with Crippen molar-refractivity contribution >= 4 is 22.7 Å². The van der Waals surface area contributed by atoms with E-state index in [1.165, 1.54) is 4.57 Å². The van der Waals surface area contributed by atoms with Crippen molar-refractivity contribution in [1.29, 1.82) is 0 Å². The topological polar surface area (TPSA) is 100 Å². The molecule has 14 heteroatoms. The van der Waals surface area contributed by atoms with E-state index < -0.39 is 35.9 Å². The van der Waals surface area contributed by atoms with Crippen molar-refractivity contribution in [3.05, 3.63) is 99.9 Å². The average Bonchev–Trinajstić information content (AvgIpc) is 3.51. The zero-order chi connectivity index (χ0) is 38.3. The highest BCUT2D eigenvalue weighted by Gasteiger charge is 2.35. The number of alkyl halides is 3. The van der Waals surface area contributed by atoms with Gasteiger partial charge in [-0.3, -0.25) is 19.0 Å². The summed E-state index contributed by atoms with van der Waals surface area (Å²) in [6.07, 6.45) is -2.67. The van der Waals surface area contributed by atoms with Crippen LogP contribution in [0.4, 0.5) is 17.6 Å². The van der Waals surface area contributed by atoms with Crippen LogP contribution in [-0.4, -0.2) is 96.0 Å². The SMILES string of the molecule is CCOc1ccc(-n2c(C(CCNC(=O)CN(C)C)N(CCC3CCCN3C)C(=O)Cc3ccc(C(F)(F)F)c(F)c3)nc3ccccc3c2=O)cc1. The summed E-state index contributed by atoms with van der Waals surface area (Å²) in [4.78, 5) is 52.2. The summed E-state index contributed by atoms with van der Waals surface area (Å²) in [5.41, 5.74) is -0.841. The molecule has 3 aromatic carbocycles. The maximum absolute atomic E-state index is 14.7. The summed E-state index contributed by atoms with van der Waals surface area (Å²) >= 11 is 0. The fraction of sp³-hybridized carbons (Fsp3) is 0.436. The first kappa shape index (κ1) is 39.4. The number of ether oxygens (including phenoxy) is 1. The number of aromatic nitrogens is 2. The van der Waals surface area contributed by atoms with Gasteiger partial charge in [0.25, 0.3) is 5.56 Å². The first-order chi connectivity index (χ1) is 25.3. The lowest BCUT2D eigenvalue weighted by molar-refractivity contribution is -0.140. The molecule has 0 aliphatic carbocycles. The van der Waals surface area contributed by atoms with Gasteiger partial charge in [0.05, 0.1) is 47.8 Å². The van der Waals surface area contributed by atoms with Crippen molar-refractivity contribution in [1.82, 2.24) is 29.6 Å². The molecule has 1 aliphatic heterocycles. The molecule has 53 heavy (non-hydrogen) atoms. The summed E-state index contributed by atoms with van der Waals surface area (Å²) in [5.74, 6) is -1.36. The molecule has 1 fully saturated rings. The van der Waals surface area contributed by atoms with Crippen molar-refractivity contribution in [3.8, 4) is 11.4 Å². The molecule has 2 unspecified atom stereocenters. The zero-order valence-electron chi connectivity index (χ0n) is 30.5. The van der Waals surface area contributed by atoms with E-state index in [2.05, 4.69) is 10.2 Å². The normalized spacial score (nSPS) is 15.5. The Morgan fingerprint density at radius 3 is 2.45 bits per heavy atom. The first-order valence-electron chi connectivity index (χ1n) is 17.8. The number of carbonyl (C=O) groups excluding carboxylic acids is 2. The molecule has 1 aliphatic rings. The van der Waals surface area contributed by atoms with E-state index in [1.807, 2.05) is 14.0 Å². The lowest BCUT2D eigenvalue weighted by Gasteiger charge is -2.35. The van der Waals surface area contributed by atoms with Crippen LogP contribution in [-0.2, 0) is 22.2 Å². The minimum absolute atomic E-state index is 0.0666. The van der Waals surface area contributed by atoms with Crippen LogP contribution in [0.5, 0.6) is 5.75 Å². The molecule has 284 valence electrons. The zero-order valence-corrected chi connectivity index (χ0v) is 30.5. The van der Waals surface area contributed by atoms with Gasteiger partial charge in [-0.15, -0.1) is 0 Å². The van der Waals surface area contributed by atoms with Gasteiger partial charge in [-0.2, -0.15) is 13.2 Å². The Hall–Kier alpha value is -4.82. The summed E-state index contributed by atoms with van der Waals surface area (Å²) < 4.78 is 61.9. The van der Waals surface area contributed by atoms with E-state index in [1.54, 1.807) is 72.4 Å². The maximum atomic E-state index is 14.7. The average molecular weight is 739 g/mol. The molecule has 1 N–H and O–H groups in total. The second kappa shape index (κ2) is 17.3. The fourth-order valence-corrected chi connectivity index (χ4v) is 6.86. The number of hydrogen-bond acceptors (Lipinski definition) is 7. The minimum atomic E-state index is -4.89. The second-order valence-electron chi connectivity index (χ2n) is 13.6. The molecule has 0 radical (unpaired) electrons. The molecule has 0 spiro atoms. The van der Waals surface area contributed by atoms with Crippen LogP contribution in [0, 0.1) is 5.82 Å². The molecule has 4 aromatic rings. The van der Waals surface area contributed by atoms with Crippen molar-refractivity contribution in [2.24, 2.45) is 0 Å². The molecule has 2 atom stereocenters. The number of benzene rings is 3. The largest absolute Gasteiger partial charge is 0.494 e. The Kier molecular flexibility index (Phi) is 12.9. The number of fused-ring (bicyclic) bond motifs is 1. The highest BCUT2D eigenvalue weighted by molar-refractivity contribution is 5.80. The van der Waals surface area contributed by atoms with Gasteiger partial charge in [0.1, 0.15) is 17.4 Å². The summed E-state index contributed by atoms with van der Waals surface area (Å²) in [6.45, 7) is 3.66. The van der Waals surface area contributed by atoms with E-state index in [0.29, 0.717) is 41.4 Å². The number of para-hydroxylation sites is 1. The van der Waals surface area contributed by atoms with Crippen molar-refractivity contribution in [3.63, 3.8) is 0 Å². The van der Waals surface area contributed by atoms with Gasteiger partial charge in [-0.1, -0.05) is 18.2 Å². The molecular weight excluding hydrogens is 692 g/mol. The number of hydrogen-bond donors (Lipinski definition) is 1. The first-order valence-corrected chi connectivity index (χ1v) is 17.8. The van der Waals surface area contributed by atoms with E-state index in [0.717, 1.165) is 31.5 Å². The van der Waals surface area contributed by atoms with E-state index in [9.17, 15) is 31.9 Å². The number of nitrogens with one attached hydrogen (secondary N) is 1. The Morgan fingerprint density at radius 2 is 1.81 bits per heavy atom. The summed E-state index contributed by atoms with van der Waals surface area (Å²) in [7, 11) is 5.55. The molecule has 2 heterocycles. The number of rotatable bonds is 15. The third kappa shape index (κ3) is 9.79. The molecular formula is C39H46F4N6O4. The number of nitrogens with zero attached hydrogens (tertiary/aromatic N) is 5. The third-order valence-electron chi connectivity index (χ3n) is 9.47. The predicted octanol–water partition coefficient (Wildman–Crippen LogP) is 5.61. The standard InChI is InChI=1S/C39H46F4N6O4/c1-5-53-29-15-13-28(14-16-29)49-37(45-33-11-7-6-10-30(33)38(49)52)34(18-20-44-35(50)25-46(2)3)48(22-19-27-9-8-21-47(27)4)36(51)24-26-12-17-31(32(40)23-26)39(41,42)43/h6-7,10-17,23,27,34H,5,8-9,18-22,24-25H2,1-4H3,(H,44,50). The van der Waals surface area contributed by atoms with E-state index in [-0.39, 0.29) is 55.0 Å². The van der Waals surface area contributed by atoms with Crippen LogP contribution >= 0.6 is 0 Å².